The van der Waals surface area contributed by atoms with Gasteiger partial charge in [0.05, 0.1) is 12.7 Å². The number of rotatable bonds is 9. The first-order chi connectivity index (χ1) is 9.72. The summed E-state index contributed by atoms with van der Waals surface area (Å²) in [6, 6.07) is 0. The van der Waals surface area contributed by atoms with E-state index in [9.17, 15) is 9.90 Å². The molecule has 0 radical (unpaired) electrons. The number of fused-ring (bicyclic) bond motifs is 2. The largest absolute Gasteiger partial charge is 0.466 e. The number of hydrogen-bond acceptors (Lipinski definition) is 3. The van der Waals surface area contributed by atoms with Gasteiger partial charge < -0.3 is 9.84 Å². The van der Waals surface area contributed by atoms with E-state index in [1.165, 1.54) is 25.7 Å². The summed E-state index contributed by atoms with van der Waals surface area (Å²) >= 11 is 0. The fourth-order valence-corrected chi connectivity index (χ4v) is 3.51. The third-order valence-electron chi connectivity index (χ3n) is 4.72. The van der Waals surface area contributed by atoms with Gasteiger partial charge in [0.15, 0.2) is 0 Å². The molecule has 0 aromatic heterocycles. The van der Waals surface area contributed by atoms with E-state index in [-0.39, 0.29) is 29.8 Å². The molecule has 2 aliphatic rings. The van der Waals surface area contributed by atoms with E-state index in [0.29, 0.717) is 13.0 Å². The van der Waals surface area contributed by atoms with Crippen molar-refractivity contribution in [1.29, 1.82) is 0 Å². The van der Waals surface area contributed by atoms with Crippen LogP contribution in [0.4, 0.5) is 0 Å². The monoisotopic (exact) mass is 280 g/mol. The van der Waals surface area contributed by atoms with Crippen LogP contribution in [0.15, 0.2) is 12.2 Å². The SMILES string of the molecule is CCCCCCCCOC(=O)CC1CC2C=CC1C2O. The molecule has 1 saturated carbocycles. The number of carbonyl (C=O) groups is 1. The van der Waals surface area contributed by atoms with E-state index < -0.39 is 0 Å². The predicted octanol–water partition coefficient (Wildman–Crippen LogP) is 3.46. The van der Waals surface area contributed by atoms with Gasteiger partial charge in [0, 0.05) is 18.3 Å². The number of ether oxygens (including phenoxy) is 1. The summed E-state index contributed by atoms with van der Waals surface area (Å²) in [5, 5.41) is 9.91. The molecule has 3 heteroatoms. The highest BCUT2D eigenvalue weighted by Gasteiger charge is 2.44. The van der Waals surface area contributed by atoms with Crippen molar-refractivity contribution in [1.82, 2.24) is 0 Å². The van der Waals surface area contributed by atoms with Crippen molar-refractivity contribution in [3.8, 4) is 0 Å². The summed E-state index contributed by atoms with van der Waals surface area (Å²) < 4.78 is 5.31. The van der Waals surface area contributed by atoms with E-state index in [1.54, 1.807) is 0 Å². The molecule has 2 bridgehead atoms. The highest BCUT2D eigenvalue weighted by molar-refractivity contribution is 5.69. The van der Waals surface area contributed by atoms with Gasteiger partial charge in [-0.3, -0.25) is 4.79 Å². The number of carbonyl (C=O) groups excluding carboxylic acids is 1. The molecule has 20 heavy (non-hydrogen) atoms. The van der Waals surface area contributed by atoms with Crippen LogP contribution in [-0.2, 0) is 9.53 Å². The van der Waals surface area contributed by atoms with Gasteiger partial charge in [-0.15, -0.1) is 0 Å². The Kier molecular flexibility index (Phi) is 6.08. The fourth-order valence-electron chi connectivity index (χ4n) is 3.51. The van der Waals surface area contributed by atoms with Crippen molar-refractivity contribution in [3.05, 3.63) is 12.2 Å². The zero-order valence-corrected chi connectivity index (χ0v) is 12.6. The highest BCUT2D eigenvalue weighted by atomic mass is 16.5. The molecule has 1 fully saturated rings. The van der Waals surface area contributed by atoms with Crippen LogP contribution in [0.2, 0.25) is 0 Å². The Morgan fingerprint density at radius 2 is 1.95 bits per heavy atom. The van der Waals surface area contributed by atoms with Crippen molar-refractivity contribution in [2.45, 2.75) is 64.4 Å². The van der Waals surface area contributed by atoms with E-state index in [4.69, 9.17) is 4.74 Å². The lowest BCUT2D eigenvalue weighted by molar-refractivity contribution is -0.145. The molecule has 4 atom stereocenters. The van der Waals surface area contributed by atoms with Gasteiger partial charge in [0.2, 0.25) is 0 Å². The van der Waals surface area contributed by atoms with Crippen molar-refractivity contribution >= 4 is 5.97 Å². The van der Waals surface area contributed by atoms with E-state index in [2.05, 4.69) is 19.1 Å². The fraction of sp³-hybridized carbons (Fsp3) is 0.824. The normalized spacial score (nSPS) is 30.9. The number of esters is 1. The maximum absolute atomic E-state index is 11.8. The summed E-state index contributed by atoms with van der Waals surface area (Å²) in [7, 11) is 0. The second kappa shape index (κ2) is 7.82. The number of aliphatic hydroxyl groups is 1. The average Bonchev–Trinajstić information content (AvgIpc) is 2.93. The van der Waals surface area contributed by atoms with E-state index in [0.717, 1.165) is 19.3 Å². The van der Waals surface area contributed by atoms with E-state index >= 15 is 0 Å². The van der Waals surface area contributed by atoms with Crippen molar-refractivity contribution in [2.75, 3.05) is 6.61 Å². The Labute approximate surface area is 122 Å². The lowest BCUT2D eigenvalue weighted by Gasteiger charge is -2.17. The zero-order valence-electron chi connectivity index (χ0n) is 12.6. The Morgan fingerprint density at radius 3 is 2.60 bits per heavy atom. The first-order valence-corrected chi connectivity index (χ1v) is 8.24. The Morgan fingerprint density at radius 1 is 1.20 bits per heavy atom. The van der Waals surface area contributed by atoms with Gasteiger partial charge in [-0.05, 0) is 18.8 Å². The van der Waals surface area contributed by atoms with Crippen molar-refractivity contribution in [2.24, 2.45) is 17.8 Å². The molecule has 0 saturated heterocycles. The van der Waals surface area contributed by atoms with E-state index in [1.807, 2.05) is 0 Å². The van der Waals surface area contributed by atoms with Crippen LogP contribution >= 0.6 is 0 Å². The van der Waals surface area contributed by atoms with Crippen LogP contribution in [-0.4, -0.2) is 23.8 Å². The number of aliphatic hydroxyl groups excluding tert-OH is 1. The molecular weight excluding hydrogens is 252 g/mol. The van der Waals surface area contributed by atoms with Crippen LogP contribution in [0.5, 0.6) is 0 Å². The smallest absolute Gasteiger partial charge is 0.306 e. The molecule has 0 amide bonds. The third kappa shape index (κ3) is 4.08. The van der Waals surface area contributed by atoms with Gasteiger partial charge >= 0.3 is 5.97 Å². The average molecular weight is 280 g/mol. The predicted molar refractivity (Wildman–Crippen MR) is 79.2 cm³/mol. The van der Waals surface area contributed by atoms with Crippen molar-refractivity contribution < 1.29 is 14.6 Å². The molecule has 2 aliphatic carbocycles. The Hall–Kier alpha value is -0.830. The second-order valence-electron chi connectivity index (χ2n) is 6.30. The first kappa shape index (κ1) is 15.6. The Balaban J connectivity index is 1.52. The van der Waals surface area contributed by atoms with Crippen molar-refractivity contribution in [3.63, 3.8) is 0 Å². The van der Waals surface area contributed by atoms with Gasteiger partial charge in [0.1, 0.15) is 0 Å². The summed E-state index contributed by atoms with van der Waals surface area (Å²) in [5.74, 6) is 0.659. The third-order valence-corrected chi connectivity index (χ3v) is 4.72. The van der Waals surface area contributed by atoms with Gasteiger partial charge in [-0.1, -0.05) is 51.2 Å². The zero-order chi connectivity index (χ0) is 14.4. The molecule has 4 unspecified atom stereocenters. The number of unbranched alkanes of at least 4 members (excludes halogenated alkanes) is 5. The minimum absolute atomic E-state index is 0.0864. The highest BCUT2D eigenvalue weighted by Crippen LogP contribution is 2.45. The van der Waals surface area contributed by atoms with Crippen LogP contribution in [0.25, 0.3) is 0 Å². The molecule has 0 spiro atoms. The molecular formula is C17H28O3. The molecule has 0 aliphatic heterocycles. The van der Waals surface area contributed by atoms with Crippen LogP contribution in [0, 0.1) is 17.8 Å². The molecule has 0 aromatic rings. The lowest BCUT2D eigenvalue weighted by atomic mass is 9.90. The van der Waals surface area contributed by atoms with Gasteiger partial charge in [0.25, 0.3) is 0 Å². The molecule has 2 rings (SSSR count). The summed E-state index contributed by atoms with van der Waals surface area (Å²) in [6.45, 7) is 2.77. The maximum atomic E-state index is 11.8. The van der Waals surface area contributed by atoms with Gasteiger partial charge in [-0.25, -0.2) is 0 Å². The van der Waals surface area contributed by atoms with Crippen LogP contribution in [0.1, 0.15) is 58.3 Å². The standard InChI is InChI=1S/C17H28O3/c1-2-3-4-5-6-7-10-20-16(18)12-14-11-13-8-9-15(14)17(13)19/h8-9,13-15,17,19H,2-7,10-12H2,1H3. The first-order valence-electron chi connectivity index (χ1n) is 8.24. The molecule has 0 heterocycles. The molecule has 114 valence electrons. The quantitative estimate of drug-likeness (QED) is 0.400. The summed E-state index contributed by atoms with van der Waals surface area (Å²) in [6.07, 6.45) is 12.6. The van der Waals surface area contributed by atoms with Crippen LogP contribution < -0.4 is 0 Å². The van der Waals surface area contributed by atoms with Gasteiger partial charge in [-0.2, -0.15) is 0 Å². The summed E-state index contributed by atoms with van der Waals surface area (Å²) in [5.41, 5.74) is 0. The minimum Gasteiger partial charge on any atom is -0.466 e. The summed E-state index contributed by atoms with van der Waals surface area (Å²) in [4.78, 5) is 11.8. The number of hydrogen-bond donors (Lipinski definition) is 1. The lowest BCUT2D eigenvalue weighted by Crippen LogP contribution is -2.19. The molecule has 3 nitrogen and oxygen atoms in total. The van der Waals surface area contributed by atoms with Crippen LogP contribution in [0.3, 0.4) is 0 Å². The minimum atomic E-state index is -0.258. The second-order valence-corrected chi connectivity index (χ2v) is 6.30. The molecule has 0 aromatic carbocycles. The molecule has 1 N–H and O–H groups in total. The Bertz CT molecular complexity index is 337. The topological polar surface area (TPSA) is 46.5 Å². The maximum Gasteiger partial charge on any atom is 0.306 e.